The molecule has 1 aromatic rings. The summed E-state index contributed by atoms with van der Waals surface area (Å²) in [4.78, 5) is 11.0. The average Bonchev–Trinajstić information content (AvgIpc) is 2.15. The molecule has 0 heterocycles. The van der Waals surface area contributed by atoms with Crippen LogP contribution < -0.4 is 5.73 Å². The highest BCUT2D eigenvalue weighted by molar-refractivity contribution is 6.67. The first-order valence-corrected chi connectivity index (χ1v) is 5.00. The fraction of sp³-hybridized carbons (Fsp3) is 0.364. The zero-order valence-electron chi connectivity index (χ0n) is 8.38. The normalized spacial score (nSPS) is 12.6. The lowest BCUT2D eigenvalue weighted by molar-refractivity contribution is 0.108. The summed E-state index contributed by atoms with van der Waals surface area (Å²) in [7, 11) is 0. The molecular weight excluding hydrogens is 198 g/mol. The van der Waals surface area contributed by atoms with E-state index < -0.39 is 5.24 Å². The molecule has 1 unspecified atom stereocenters. The maximum atomic E-state index is 11.0. The Labute approximate surface area is 89.1 Å². The zero-order valence-corrected chi connectivity index (χ0v) is 9.14. The molecule has 2 nitrogen and oxygen atoms in total. The minimum atomic E-state index is -0.417. The van der Waals surface area contributed by atoms with E-state index in [2.05, 4.69) is 0 Å². The van der Waals surface area contributed by atoms with Crippen LogP contribution in [0.5, 0.6) is 0 Å². The van der Waals surface area contributed by atoms with E-state index in [1.165, 1.54) is 0 Å². The molecule has 0 saturated heterocycles. The van der Waals surface area contributed by atoms with Gasteiger partial charge in [-0.15, -0.1) is 0 Å². The number of carbonyl (C=O) groups is 1. The van der Waals surface area contributed by atoms with Crippen molar-refractivity contribution in [3.63, 3.8) is 0 Å². The Morgan fingerprint density at radius 2 is 2.21 bits per heavy atom. The summed E-state index contributed by atoms with van der Waals surface area (Å²) in [5.41, 5.74) is 8.35. The minimum absolute atomic E-state index is 0.0353. The summed E-state index contributed by atoms with van der Waals surface area (Å²) in [6.45, 7) is 3.89. The maximum absolute atomic E-state index is 11.0. The van der Waals surface area contributed by atoms with E-state index in [0.29, 0.717) is 5.56 Å². The van der Waals surface area contributed by atoms with E-state index in [9.17, 15) is 4.79 Å². The molecule has 0 spiro atoms. The van der Waals surface area contributed by atoms with Crippen molar-refractivity contribution in [2.75, 3.05) is 0 Å². The van der Waals surface area contributed by atoms with Gasteiger partial charge in [-0.3, -0.25) is 4.79 Å². The van der Waals surface area contributed by atoms with Crippen molar-refractivity contribution in [2.45, 2.75) is 26.3 Å². The largest absolute Gasteiger partial charge is 0.324 e. The van der Waals surface area contributed by atoms with E-state index in [1.807, 2.05) is 26.0 Å². The van der Waals surface area contributed by atoms with E-state index >= 15 is 0 Å². The minimum Gasteiger partial charge on any atom is -0.324 e. The second-order valence-electron chi connectivity index (χ2n) is 3.36. The first-order valence-electron chi connectivity index (χ1n) is 4.62. The fourth-order valence-corrected chi connectivity index (χ4v) is 1.59. The molecule has 0 aromatic heterocycles. The molecule has 0 aliphatic rings. The van der Waals surface area contributed by atoms with E-state index in [4.69, 9.17) is 17.3 Å². The van der Waals surface area contributed by atoms with Crippen molar-refractivity contribution in [1.82, 2.24) is 0 Å². The van der Waals surface area contributed by atoms with E-state index in [0.717, 1.165) is 17.5 Å². The van der Waals surface area contributed by atoms with Crippen LogP contribution in [0.25, 0.3) is 0 Å². The summed E-state index contributed by atoms with van der Waals surface area (Å²) in [6.07, 6.45) is 0.883. The molecule has 0 amide bonds. The van der Waals surface area contributed by atoms with Crippen LogP contribution in [0.15, 0.2) is 18.2 Å². The lowest BCUT2D eigenvalue weighted by Crippen LogP contribution is -2.09. The number of nitrogens with two attached hydrogens (primary N) is 1. The van der Waals surface area contributed by atoms with E-state index in [1.54, 1.807) is 6.07 Å². The highest BCUT2D eigenvalue weighted by atomic mass is 35.5. The van der Waals surface area contributed by atoms with Gasteiger partial charge in [-0.25, -0.2) is 0 Å². The molecule has 0 radical (unpaired) electrons. The maximum Gasteiger partial charge on any atom is 0.252 e. The van der Waals surface area contributed by atoms with Crippen molar-refractivity contribution >= 4 is 16.8 Å². The SMILES string of the molecule is CCC(N)c1ccc(C(=O)Cl)c(C)c1. The molecule has 0 aliphatic carbocycles. The van der Waals surface area contributed by atoms with Gasteiger partial charge in [0, 0.05) is 11.6 Å². The van der Waals surface area contributed by atoms with Gasteiger partial charge in [0.2, 0.25) is 0 Å². The van der Waals surface area contributed by atoms with Crippen LogP contribution in [0, 0.1) is 6.92 Å². The Morgan fingerprint density at radius 1 is 1.57 bits per heavy atom. The van der Waals surface area contributed by atoms with Gasteiger partial charge >= 0.3 is 0 Å². The fourth-order valence-electron chi connectivity index (χ4n) is 1.37. The van der Waals surface area contributed by atoms with Crippen molar-refractivity contribution in [3.8, 4) is 0 Å². The summed E-state index contributed by atoms with van der Waals surface area (Å²) in [5.74, 6) is 0. The monoisotopic (exact) mass is 211 g/mol. The Bertz CT molecular complexity index is 349. The lowest BCUT2D eigenvalue weighted by Gasteiger charge is -2.11. The first kappa shape index (κ1) is 11.2. The van der Waals surface area contributed by atoms with Gasteiger partial charge in [-0.05, 0) is 42.1 Å². The first-order chi connectivity index (χ1) is 6.56. The topological polar surface area (TPSA) is 43.1 Å². The molecule has 76 valence electrons. The number of halogens is 1. The van der Waals surface area contributed by atoms with Gasteiger partial charge in [0.25, 0.3) is 5.24 Å². The van der Waals surface area contributed by atoms with Gasteiger partial charge in [-0.2, -0.15) is 0 Å². The summed E-state index contributed by atoms with van der Waals surface area (Å²) < 4.78 is 0. The molecule has 0 aliphatic heterocycles. The second-order valence-corrected chi connectivity index (χ2v) is 3.71. The Balaban J connectivity index is 3.06. The molecular formula is C11H14ClNO. The lowest BCUT2D eigenvalue weighted by atomic mass is 10.00. The standard InChI is InChI=1S/C11H14ClNO/c1-3-10(13)8-4-5-9(11(12)14)7(2)6-8/h4-6,10H,3,13H2,1-2H3. The molecule has 0 bridgehead atoms. The van der Waals surface area contributed by atoms with Crippen molar-refractivity contribution < 1.29 is 4.79 Å². The molecule has 1 atom stereocenters. The van der Waals surface area contributed by atoms with Crippen LogP contribution in [0.1, 0.15) is 40.9 Å². The average molecular weight is 212 g/mol. The highest BCUT2D eigenvalue weighted by Gasteiger charge is 2.09. The number of carbonyl (C=O) groups excluding carboxylic acids is 1. The second kappa shape index (κ2) is 4.58. The Kier molecular flexibility index (Phi) is 3.67. The third-order valence-corrected chi connectivity index (χ3v) is 2.53. The van der Waals surface area contributed by atoms with Crippen LogP contribution in [-0.2, 0) is 0 Å². The number of hydrogen-bond donors (Lipinski definition) is 1. The predicted molar refractivity (Wildman–Crippen MR) is 58.6 cm³/mol. The van der Waals surface area contributed by atoms with Gasteiger partial charge in [0.1, 0.15) is 0 Å². The van der Waals surface area contributed by atoms with Crippen LogP contribution in [0.2, 0.25) is 0 Å². The van der Waals surface area contributed by atoms with Crippen molar-refractivity contribution in [1.29, 1.82) is 0 Å². The summed E-state index contributed by atoms with van der Waals surface area (Å²) >= 11 is 5.40. The third kappa shape index (κ3) is 2.34. The Hall–Kier alpha value is -0.860. The predicted octanol–water partition coefficient (Wildman–Crippen LogP) is 2.78. The number of hydrogen-bond acceptors (Lipinski definition) is 2. The van der Waals surface area contributed by atoms with Crippen LogP contribution >= 0.6 is 11.6 Å². The van der Waals surface area contributed by atoms with Crippen molar-refractivity contribution in [2.24, 2.45) is 5.73 Å². The molecule has 1 aromatic carbocycles. The Morgan fingerprint density at radius 3 is 2.64 bits per heavy atom. The molecule has 1 rings (SSSR count). The number of rotatable bonds is 3. The summed E-state index contributed by atoms with van der Waals surface area (Å²) in [5, 5.41) is -0.417. The molecule has 14 heavy (non-hydrogen) atoms. The van der Waals surface area contributed by atoms with Crippen LogP contribution in [-0.4, -0.2) is 5.24 Å². The molecule has 2 N–H and O–H groups in total. The van der Waals surface area contributed by atoms with E-state index in [-0.39, 0.29) is 6.04 Å². The van der Waals surface area contributed by atoms with Crippen LogP contribution in [0.4, 0.5) is 0 Å². The van der Waals surface area contributed by atoms with Gasteiger partial charge in [-0.1, -0.05) is 19.1 Å². The molecule has 3 heteroatoms. The summed E-state index contributed by atoms with van der Waals surface area (Å²) in [6, 6.07) is 5.55. The molecule has 0 fully saturated rings. The smallest absolute Gasteiger partial charge is 0.252 e. The zero-order chi connectivity index (χ0) is 10.7. The third-order valence-electron chi connectivity index (χ3n) is 2.33. The number of benzene rings is 1. The van der Waals surface area contributed by atoms with Crippen molar-refractivity contribution in [3.05, 3.63) is 34.9 Å². The van der Waals surface area contributed by atoms with Gasteiger partial charge < -0.3 is 5.73 Å². The quantitative estimate of drug-likeness (QED) is 0.782. The molecule has 0 saturated carbocycles. The van der Waals surface area contributed by atoms with Gasteiger partial charge in [0.05, 0.1) is 0 Å². The highest BCUT2D eigenvalue weighted by Crippen LogP contribution is 2.19. The van der Waals surface area contributed by atoms with Crippen LogP contribution in [0.3, 0.4) is 0 Å². The number of aryl methyl sites for hydroxylation is 1. The van der Waals surface area contributed by atoms with Gasteiger partial charge in [0.15, 0.2) is 0 Å².